The van der Waals surface area contributed by atoms with Crippen LogP contribution in [0.1, 0.15) is 67.4 Å². The van der Waals surface area contributed by atoms with Gasteiger partial charge >= 0.3 is 0 Å². The van der Waals surface area contributed by atoms with E-state index >= 15 is 0 Å². The molecule has 4 rings (SSSR count). The van der Waals surface area contributed by atoms with Crippen LogP contribution in [0, 0.1) is 22.7 Å². The Balaban J connectivity index is 1.48. The fourth-order valence-electron chi connectivity index (χ4n) is 5.54. The summed E-state index contributed by atoms with van der Waals surface area (Å²) in [4.78, 5) is 28.3. The number of likely N-dealkylation sites (tertiary alicyclic amines) is 1. The molecule has 2 amide bonds. The molecular formula is C28H33N3O3. The van der Waals surface area contributed by atoms with Crippen LogP contribution in [-0.4, -0.2) is 41.0 Å². The molecule has 1 aliphatic heterocycles. The maximum Gasteiger partial charge on any atom is 0.251 e. The Morgan fingerprint density at radius 3 is 2.38 bits per heavy atom. The average molecular weight is 460 g/mol. The second-order valence-corrected chi connectivity index (χ2v) is 10.3. The topological polar surface area (TPSA) is 93.4 Å². The standard InChI is InChI=1S/C28H33N3O3/c1-27(2)19-31(17-16-28(27,34)22-14-12-20(18-29)13-15-22)26(33)23-10-6-7-11-24(23)30-25(32)21-8-4-3-5-9-21/h3-5,8-9,12-15,23-24,34H,6-7,10-11,16-17,19H2,1-2H3,(H,30,32)/t23-,24+,28-/m0/s1. The molecule has 1 aliphatic carbocycles. The molecule has 1 saturated carbocycles. The van der Waals surface area contributed by atoms with E-state index in [0.717, 1.165) is 31.2 Å². The zero-order valence-electron chi connectivity index (χ0n) is 20.0. The molecule has 2 N–H and O–H groups in total. The van der Waals surface area contributed by atoms with Gasteiger partial charge in [0.15, 0.2) is 0 Å². The molecule has 1 heterocycles. The molecule has 0 aromatic heterocycles. The summed E-state index contributed by atoms with van der Waals surface area (Å²) in [6.45, 7) is 4.85. The van der Waals surface area contributed by atoms with Crippen LogP contribution in [0.25, 0.3) is 0 Å². The van der Waals surface area contributed by atoms with Crippen molar-refractivity contribution in [1.29, 1.82) is 5.26 Å². The number of nitrogens with one attached hydrogen (secondary N) is 1. The Kier molecular flexibility index (Phi) is 6.77. The van der Waals surface area contributed by atoms with Crippen molar-refractivity contribution in [1.82, 2.24) is 10.2 Å². The smallest absolute Gasteiger partial charge is 0.251 e. The van der Waals surface area contributed by atoms with E-state index in [-0.39, 0.29) is 23.8 Å². The molecule has 6 nitrogen and oxygen atoms in total. The van der Waals surface area contributed by atoms with E-state index < -0.39 is 11.0 Å². The summed E-state index contributed by atoms with van der Waals surface area (Å²) in [5.41, 5.74) is 0.261. The van der Waals surface area contributed by atoms with Gasteiger partial charge in [0, 0.05) is 30.1 Å². The summed E-state index contributed by atoms with van der Waals surface area (Å²) < 4.78 is 0. The average Bonchev–Trinajstić information content (AvgIpc) is 2.86. The van der Waals surface area contributed by atoms with E-state index in [2.05, 4.69) is 11.4 Å². The van der Waals surface area contributed by atoms with Crippen molar-refractivity contribution in [3.63, 3.8) is 0 Å². The van der Waals surface area contributed by atoms with E-state index in [1.165, 1.54) is 0 Å². The fourth-order valence-corrected chi connectivity index (χ4v) is 5.54. The maximum absolute atomic E-state index is 13.7. The number of amides is 2. The molecule has 0 spiro atoms. The van der Waals surface area contributed by atoms with Gasteiger partial charge in [0.25, 0.3) is 5.91 Å². The van der Waals surface area contributed by atoms with Crippen molar-refractivity contribution in [3.05, 3.63) is 71.3 Å². The first-order valence-electron chi connectivity index (χ1n) is 12.1. The van der Waals surface area contributed by atoms with Gasteiger partial charge in [0.05, 0.1) is 23.2 Å². The van der Waals surface area contributed by atoms with Gasteiger partial charge < -0.3 is 15.3 Å². The molecule has 2 aromatic carbocycles. The van der Waals surface area contributed by atoms with Crippen molar-refractivity contribution >= 4 is 11.8 Å². The summed E-state index contributed by atoms with van der Waals surface area (Å²) in [7, 11) is 0. The molecular weight excluding hydrogens is 426 g/mol. The van der Waals surface area contributed by atoms with Crippen molar-refractivity contribution in [2.24, 2.45) is 11.3 Å². The minimum Gasteiger partial charge on any atom is -0.384 e. The molecule has 0 bridgehead atoms. The molecule has 2 aromatic rings. The van der Waals surface area contributed by atoms with Crippen LogP contribution in [0.15, 0.2) is 54.6 Å². The van der Waals surface area contributed by atoms with E-state index in [9.17, 15) is 14.7 Å². The zero-order chi connectivity index (χ0) is 24.3. The summed E-state index contributed by atoms with van der Waals surface area (Å²) in [6.07, 6.45) is 3.94. The third-order valence-corrected chi connectivity index (χ3v) is 7.69. The molecule has 1 saturated heterocycles. The normalized spacial score (nSPS) is 26.4. The second-order valence-electron chi connectivity index (χ2n) is 10.3. The third kappa shape index (κ3) is 4.58. The van der Waals surface area contributed by atoms with Gasteiger partial charge in [-0.15, -0.1) is 0 Å². The lowest BCUT2D eigenvalue weighted by Gasteiger charge is -2.51. The van der Waals surface area contributed by atoms with E-state index in [1.807, 2.05) is 49.1 Å². The van der Waals surface area contributed by atoms with E-state index in [1.54, 1.807) is 24.3 Å². The van der Waals surface area contributed by atoms with Crippen LogP contribution in [0.2, 0.25) is 0 Å². The molecule has 6 heteroatoms. The minimum atomic E-state index is -1.09. The number of hydrogen-bond donors (Lipinski definition) is 2. The number of benzene rings is 2. The van der Waals surface area contributed by atoms with Gasteiger partial charge in [-0.1, -0.05) is 57.0 Å². The number of rotatable bonds is 4. The Morgan fingerprint density at radius 1 is 1.06 bits per heavy atom. The largest absolute Gasteiger partial charge is 0.384 e. The summed E-state index contributed by atoms with van der Waals surface area (Å²) >= 11 is 0. The van der Waals surface area contributed by atoms with Crippen molar-refractivity contribution < 1.29 is 14.7 Å². The Bertz CT molecular complexity index is 1070. The predicted molar refractivity (Wildman–Crippen MR) is 130 cm³/mol. The zero-order valence-corrected chi connectivity index (χ0v) is 20.0. The molecule has 34 heavy (non-hydrogen) atoms. The molecule has 3 atom stereocenters. The number of nitriles is 1. The Labute approximate surface area is 201 Å². The van der Waals surface area contributed by atoms with Gasteiger partial charge in [0.1, 0.15) is 0 Å². The molecule has 0 unspecified atom stereocenters. The first-order chi connectivity index (χ1) is 16.2. The van der Waals surface area contributed by atoms with Crippen molar-refractivity contribution in [2.75, 3.05) is 13.1 Å². The predicted octanol–water partition coefficient (Wildman–Crippen LogP) is 3.99. The van der Waals surface area contributed by atoms with E-state index in [0.29, 0.717) is 30.6 Å². The summed E-state index contributed by atoms with van der Waals surface area (Å²) in [5.74, 6) is -0.328. The van der Waals surface area contributed by atoms with Gasteiger partial charge in [-0.2, -0.15) is 5.26 Å². The quantitative estimate of drug-likeness (QED) is 0.723. The van der Waals surface area contributed by atoms with Gasteiger partial charge in [-0.25, -0.2) is 0 Å². The van der Waals surface area contributed by atoms with Gasteiger partial charge in [-0.05, 0) is 49.1 Å². The van der Waals surface area contributed by atoms with E-state index in [4.69, 9.17) is 5.26 Å². The molecule has 0 radical (unpaired) electrons. The van der Waals surface area contributed by atoms with Crippen LogP contribution in [0.4, 0.5) is 0 Å². The number of piperidine rings is 1. The highest BCUT2D eigenvalue weighted by molar-refractivity contribution is 5.94. The summed E-state index contributed by atoms with van der Waals surface area (Å²) in [5, 5.41) is 23.9. The second kappa shape index (κ2) is 9.60. The van der Waals surface area contributed by atoms with Crippen LogP contribution in [-0.2, 0) is 10.4 Å². The number of carbonyl (C=O) groups excluding carboxylic acids is 2. The number of hydrogen-bond acceptors (Lipinski definition) is 4. The van der Waals surface area contributed by atoms with Crippen molar-refractivity contribution in [2.45, 2.75) is 57.6 Å². The summed E-state index contributed by atoms with van der Waals surface area (Å²) in [6, 6.07) is 18.1. The third-order valence-electron chi connectivity index (χ3n) is 7.69. The van der Waals surface area contributed by atoms with Crippen LogP contribution >= 0.6 is 0 Å². The van der Waals surface area contributed by atoms with Gasteiger partial charge in [-0.3, -0.25) is 9.59 Å². The van der Waals surface area contributed by atoms with Crippen LogP contribution in [0.5, 0.6) is 0 Å². The Morgan fingerprint density at radius 2 is 1.74 bits per heavy atom. The SMILES string of the molecule is CC1(C)CN(C(=O)[C@H]2CCCC[C@H]2NC(=O)c2ccccc2)CC[C@]1(O)c1ccc(C#N)cc1. The molecule has 178 valence electrons. The van der Waals surface area contributed by atoms with Crippen LogP contribution in [0.3, 0.4) is 0 Å². The fraction of sp³-hybridized carbons (Fsp3) is 0.464. The number of nitrogens with zero attached hydrogens (tertiary/aromatic N) is 2. The first kappa shape index (κ1) is 24.0. The molecule has 2 aliphatic rings. The highest BCUT2D eigenvalue weighted by Gasteiger charge is 2.50. The Hall–Kier alpha value is -3.17. The minimum absolute atomic E-state index is 0.0630. The van der Waals surface area contributed by atoms with Crippen LogP contribution < -0.4 is 5.32 Å². The maximum atomic E-state index is 13.7. The van der Waals surface area contributed by atoms with Crippen molar-refractivity contribution in [3.8, 4) is 6.07 Å². The monoisotopic (exact) mass is 459 g/mol. The lowest BCUT2D eigenvalue weighted by atomic mass is 9.66. The molecule has 2 fully saturated rings. The highest BCUT2D eigenvalue weighted by Crippen LogP contribution is 2.46. The number of carbonyl (C=O) groups is 2. The lowest BCUT2D eigenvalue weighted by Crippen LogP contribution is -2.59. The lowest BCUT2D eigenvalue weighted by molar-refractivity contribution is -0.158. The van der Waals surface area contributed by atoms with Gasteiger partial charge in [0.2, 0.25) is 5.91 Å². The first-order valence-corrected chi connectivity index (χ1v) is 12.1. The highest BCUT2D eigenvalue weighted by atomic mass is 16.3. The number of aliphatic hydroxyl groups is 1.